The smallest absolute Gasteiger partial charge is 0.220 e. The van der Waals surface area contributed by atoms with Gasteiger partial charge in [-0.15, -0.1) is 10.2 Å². The van der Waals surface area contributed by atoms with Crippen LogP contribution in [0.15, 0.2) is 70.9 Å². The third kappa shape index (κ3) is 2.50. The molecule has 0 atom stereocenters. The Morgan fingerprint density at radius 2 is 1.04 bits per heavy atom. The van der Waals surface area contributed by atoms with E-state index < -0.39 is 0 Å². The fraction of sp³-hybridized carbons (Fsp3) is 0. The molecule has 4 rings (SSSR count). The summed E-state index contributed by atoms with van der Waals surface area (Å²) in [7, 11) is 0. The molecular weight excluding hydrogens is 304 g/mol. The Bertz CT molecular complexity index is 1010. The summed E-state index contributed by atoms with van der Waals surface area (Å²) >= 11 is 0. The molecule has 0 fully saturated rings. The van der Waals surface area contributed by atoms with Gasteiger partial charge in [0.05, 0.1) is 0 Å². The molecule has 0 aliphatic carbocycles. The van der Waals surface area contributed by atoms with Gasteiger partial charge < -0.3 is 10.2 Å². The Morgan fingerprint density at radius 3 is 1.50 bits per heavy atom. The Hall–Kier alpha value is -3.54. The number of hydrogen-bond donors (Lipinski definition) is 2. The monoisotopic (exact) mass is 316 g/mol. The Morgan fingerprint density at radius 1 is 0.625 bits per heavy atom. The van der Waals surface area contributed by atoms with Crippen molar-refractivity contribution in [2.24, 2.45) is 10.2 Å². The number of aromatic hydroxyl groups is 2. The summed E-state index contributed by atoms with van der Waals surface area (Å²) in [5.74, 6) is 0.328. The number of fused-ring (bicyclic) bond motifs is 2. The summed E-state index contributed by atoms with van der Waals surface area (Å²) in [6.07, 6.45) is 0. The quantitative estimate of drug-likeness (QED) is 0.528. The molecule has 0 spiro atoms. The van der Waals surface area contributed by atoms with Gasteiger partial charge in [-0.25, -0.2) is 0 Å². The highest BCUT2D eigenvalue weighted by Gasteiger charge is 2.06. The van der Waals surface area contributed by atoms with Gasteiger partial charge in [-0.1, -0.05) is 36.4 Å². The molecule has 0 saturated heterocycles. The molecule has 2 N–H and O–H groups in total. The first-order valence-electron chi connectivity index (χ1n) is 7.30. The second kappa shape index (κ2) is 5.58. The first-order chi connectivity index (χ1) is 11.7. The van der Waals surface area contributed by atoms with Crippen molar-refractivity contribution in [1.82, 2.24) is 9.97 Å². The van der Waals surface area contributed by atoms with Gasteiger partial charge in [-0.2, -0.15) is 9.97 Å². The molecule has 2 aromatic heterocycles. The van der Waals surface area contributed by atoms with Gasteiger partial charge in [-0.3, -0.25) is 0 Å². The maximum atomic E-state index is 9.97. The summed E-state index contributed by atoms with van der Waals surface area (Å²) in [6.45, 7) is 0. The number of nitrogens with zero attached hydrogens (tertiary/aromatic N) is 4. The molecule has 4 aromatic rings. The first kappa shape index (κ1) is 14.1. The molecule has 116 valence electrons. The van der Waals surface area contributed by atoms with Crippen molar-refractivity contribution in [2.75, 3.05) is 0 Å². The molecule has 0 bridgehead atoms. The number of hydrogen-bond acceptors (Lipinski definition) is 6. The molecule has 6 heteroatoms. The minimum absolute atomic E-state index is 0.101. The summed E-state index contributed by atoms with van der Waals surface area (Å²) in [6, 6.07) is 18.1. The van der Waals surface area contributed by atoms with E-state index in [9.17, 15) is 10.2 Å². The van der Waals surface area contributed by atoms with Crippen LogP contribution in [-0.4, -0.2) is 20.2 Å². The van der Waals surface area contributed by atoms with E-state index in [4.69, 9.17) is 0 Å². The topological polar surface area (TPSA) is 91.0 Å². The second-order valence-electron chi connectivity index (χ2n) is 5.25. The lowest BCUT2D eigenvalue weighted by Crippen LogP contribution is -1.81. The van der Waals surface area contributed by atoms with Crippen LogP contribution in [0.5, 0.6) is 11.8 Å². The molecule has 0 radical (unpaired) electrons. The van der Waals surface area contributed by atoms with E-state index in [0.717, 1.165) is 10.8 Å². The van der Waals surface area contributed by atoms with Crippen LogP contribution >= 0.6 is 0 Å². The van der Waals surface area contributed by atoms with Crippen molar-refractivity contribution in [3.8, 4) is 11.8 Å². The predicted molar refractivity (Wildman–Crippen MR) is 91.0 cm³/mol. The third-order valence-corrected chi connectivity index (χ3v) is 3.67. The molecule has 2 aromatic carbocycles. The highest BCUT2D eigenvalue weighted by atomic mass is 16.3. The molecule has 0 amide bonds. The lowest BCUT2D eigenvalue weighted by Gasteiger charge is -2.02. The largest absolute Gasteiger partial charge is 0.493 e. The van der Waals surface area contributed by atoms with E-state index >= 15 is 0 Å². The van der Waals surface area contributed by atoms with Gasteiger partial charge in [0.2, 0.25) is 11.8 Å². The SMILES string of the molecule is Oc1nc(N=Nc2cc3ccccc3c(O)n2)cc2ccccc12. The molecule has 6 nitrogen and oxygen atoms in total. The fourth-order valence-electron chi connectivity index (χ4n) is 2.54. The first-order valence-corrected chi connectivity index (χ1v) is 7.30. The normalized spacial score (nSPS) is 11.5. The van der Waals surface area contributed by atoms with Crippen LogP contribution in [0, 0.1) is 0 Å². The molecule has 2 heterocycles. The van der Waals surface area contributed by atoms with Crippen LogP contribution in [0.25, 0.3) is 21.5 Å². The van der Waals surface area contributed by atoms with Gasteiger partial charge in [0, 0.05) is 10.8 Å². The second-order valence-corrected chi connectivity index (χ2v) is 5.25. The van der Waals surface area contributed by atoms with Gasteiger partial charge in [0.25, 0.3) is 0 Å². The van der Waals surface area contributed by atoms with E-state index in [1.807, 2.05) is 36.4 Å². The van der Waals surface area contributed by atoms with E-state index in [1.165, 1.54) is 0 Å². The van der Waals surface area contributed by atoms with Crippen molar-refractivity contribution in [2.45, 2.75) is 0 Å². The number of rotatable bonds is 2. The fourth-order valence-corrected chi connectivity index (χ4v) is 2.54. The van der Waals surface area contributed by atoms with Crippen LogP contribution in [-0.2, 0) is 0 Å². The maximum Gasteiger partial charge on any atom is 0.220 e. The zero-order valence-electron chi connectivity index (χ0n) is 12.5. The van der Waals surface area contributed by atoms with Gasteiger partial charge in [0.15, 0.2) is 11.6 Å². The summed E-state index contributed by atoms with van der Waals surface area (Å²) in [5.41, 5.74) is 0. The van der Waals surface area contributed by atoms with Crippen molar-refractivity contribution >= 4 is 33.2 Å². The standard InChI is InChI=1S/C18H12N4O2/c23-17-13-7-3-1-5-11(13)9-15(19-17)21-22-16-10-12-6-2-4-8-14(12)18(24)20-16/h1-10H,(H,19,23)(H,20,24). The molecular formula is C18H12N4O2. The lowest BCUT2D eigenvalue weighted by molar-refractivity contribution is 0.459. The van der Waals surface area contributed by atoms with Gasteiger partial charge in [-0.05, 0) is 35.0 Å². The highest BCUT2D eigenvalue weighted by molar-refractivity contribution is 5.89. The van der Waals surface area contributed by atoms with Crippen LogP contribution in [0.3, 0.4) is 0 Å². The number of benzene rings is 2. The van der Waals surface area contributed by atoms with Crippen LogP contribution in [0.2, 0.25) is 0 Å². The minimum atomic E-state index is -0.101. The Kier molecular flexibility index (Phi) is 3.28. The summed E-state index contributed by atoms with van der Waals surface area (Å²) < 4.78 is 0. The average molecular weight is 316 g/mol. The molecule has 0 unspecified atom stereocenters. The predicted octanol–water partition coefficient (Wildman–Crippen LogP) is 4.61. The van der Waals surface area contributed by atoms with Gasteiger partial charge >= 0.3 is 0 Å². The zero-order valence-corrected chi connectivity index (χ0v) is 12.5. The minimum Gasteiger partial charge on any atom is -0.493 e. The van der Waals surface area contributed by atoms with Crippen molar-refractivity contribution in [1.29, 1.82) is 0 Å². The Labute approximate surface area is 136 Å². The van der Waals surface area contributed by atoms with Crippen LogP contribution < -0.4 is 0 Å². The Balaban J connectivity index is 1.75. The maximum absolute atomic E-state index is 9.97. The van der Waals surface area contributed by atoms with Crippen molar-refractivity contribution < 1.29 is 10.2 Å². The van der Waals surface area contributed by atoms with E-state index in [2.05, 4.69) is 20.2 Å². The summed E-state index contributed by atoms with van der Waals surface area (Å²) in [5, 5.41) is 30.9. The zero-order chi connectivity index (χ0) is 16.5. The third-order valence-electron chi connectivity index (χ3n) is 3.67. The van der Waals surface area contributed by atoms with Crippen molar-refractivity contribution in [3.63, 3.8) is 0 Å². The van der Waals surface area contributed by atoms with Crippen LogP contribution in [0.1, 0.15) is 0 Å². The van der Waals surface area contributed by atoms with E-state index in [1.54, 1.807) is 24.3 Å². The lowest BCUT2D eigenvalue weighted by atomic mass is 10.2. The number of aromatic nitrogens is 2. The van der Waals surface area contributed by atoms with Gasteiger partial charge in [0.1, 0.15) is 0 Å². The highest BCUT2D eigenvalue weighted by Crippen LogP contribution is 2.29. The average Bonchev–Trinajstić information content (AvgIpc) is 2.60. The van der Waals surface area contributed by atoms with E-state index in [-0.39, 0.29) is 23.4 Å². The van der Waals surface area contributed by atoms with Crippen LogP contribution in [0.4, 0.5) is 11.6 Å². The van der Waals surface area contributed by atoms with Crippen molar-refractivity contribution in [3.05, 3.63) is 60.7 Å². The number of azo groups is 1. The number of pyridine rings is 2. The van der Waals surface area contributed by atoms with E-state index in [0.29, 0.717) is 10.8 Å². The molecule has 0 saturated carbocycles. The molecule has 24 heavy (non-hydrogen) atoms. The summed E-state index contributed by atoms with van der Waals surface area (Å²) in [4.78, 5) is 8.01. The molecule has 0 aliphatic heterocycles. The molecule has 0 aliphatic rings.